The van der Waals surface area contributed by atoms with Gasteiger partial charge >= 0.3 is 5.97 Å². The molecule has 0 spiro atoms. The van der Waals surface area contributed by atoms with Crippen LogP contribution in [0.1, 0.15) is 22.8 Å². The highest BCUT2D eigenvalue weighted by atomic mass is 32.2. The molecule has 0 unspecified atom stereocenters. The van der Waals surface area contributed by atoms with Crippen LogP contribution in [0.4, 0.5) is 0 Å². The third-order valence-electron chi connectivity index (χ3n) is 4.47. The van der Waals surface area contributed by atoms with Gasteiger partial charge in [-0.05, 0) is 29.8 Å². The van der Waals surface area contributed by atoms with Crippen molar-refractivity contribution in [3.63, 3.8) is 0 Å². The molecule has 2 aromatic carbocycles. The molecule has 0 radical (unpaired) electrons. The number of esters is 1. The van der Waals surface area contributed by atoms with Gasteiger partial charge in [-0.3, -0.25) is 9.59 Å². The first kappa shape index (κ1) is 20.0. The van der Waals surface area contributed by atoms with E-state index in [1.54, 1.807) is 41.3 Å². The molecule has 3 rings (SSSR count). The summed E-state index contributed by atoms with van der Waals surface area (Å²) in [5, 5.41) is 0. The minimum atomic E-state index is -3.42. The van der Waals surface area contributed by atoms with E-state index in [0.717, 1.165) is 5.56 Å². The van der Waals surface area contributed by atoms with Crippen molar-refractivity contribution < 1.29 is 22.7 Å². The molecule has 0 saturated carbocycles. The van der Waals surface area contributed by atoms with Crippen LogP contribution in [0.3, 0.4) is 0 Å². The fraction of sp³-hybridized carbons (Fsp3) is 0.300. The van der Waals surface area contributed by atoms with Crippen LogP contribution >= 0.6 is 0 Å². The zero-order chi connectivity index (χ0) is 20.1. The molecule has 0 bridgehead atoms. The van der Waals surface area contributed by atoms with E-state index >= 15 is 0 Å². The third-order valence-corrected chi connectivity index (χ3v) is 6.32. The summed E-state index contributed by atoms with van der Waals surface area (Å²) < 4.78 is 31.6. The standard InChI is InChI=1S/C20H22N2O5S/c1-16(23)27-19-9-7-18(8-10-19)20(24)21-11-13-22(14-12-21)28(25,26)15-17-5-3-2-4-6-17/h2-10H,11-15H2,1H3. The average Bonchev–Trinajstić information content (AvgIpc) is 2.68. The normalized spacial score (nSPS) is 15.2. The first-order valence-electron chi connectivity index (χ1n) is 8.95. The Labute approximate surface area is 164 Å². The fourth-order valence-corrected chi connectivity index (χ4v) is 4.58. The fourth-order valence-electron chi connectivity index (χ4n) is 3.06. The van der Waals surface area contributed by atoms with Gasteiger partial charge in [0, 0.05) is 38.7 Å². The molecule has 8 heteroatoms. The van der Waals surface area contributed by atoms with Crippen LogP contribution in [0.5, 0.6) is 5.75 Å². The summed E-state index contributed by atoms with van der Waals surface area (Å²) in [6.07, 6.45) is 0. The van der Waals surface area contributed by atoms with Gasteiger partial charge in [0.15, 0.2) is 0 Å². The molecule has 1 saturated heterocycles. The number of amides is 1. The summed E-state index contributed by atoms with van der Waals surface area (Å²) in [7, 11) is -3.42. The smallest absolute Gasteiger partial charge is 0.308 e. The van der Waals surface area contributed by atoms with Crippen LogP contribution in [0, 0.1) is 0 Å². The molecule has 0 atom stereocenters. The van der Waals surface area contributed by atoms with Crippen LogP contribution in [0.15, 0.2) is 54.6 Å². The topological polar surface area (TPSA) is 84.0 Å². The maximum absolute atomic E-state index is 12.6. The number of ether oxygens (including phenoxy) is 1. The lowest BCUT2D eigenvalue weighted by molar-refractivity contribution is -0.131. The van der Waals surface area contributed by atoms with E-state index in [4.69, 9.17) is 4.74 Å². The summed E-state index contributed by atoms with van der Waals surface area (Å²) in [6, 6.07) is 15.4. The van der Waals surface area contributed by atoms with Crippen molar-refractivity contribution in [1.29, 1.82) is 0 Å². The highest BCUT2D eigenvalue weighted by Gasteiger charge is 2.29. The zero-order valence-corrected chi connectivity index (χ0v) is 16.4. The molecule has 0 aromatic heterocycles. The maximum Gasteiger partial charge on any atom is 0.308 e. The molecule has 2 aromatic rings. The Kier molecular flexibility index (Phi) is 6.11. The Balaban J connectivity index is 1.58. The number of rotatable bonds is 5. The number of carbonyl (C=O) groups excluding carboxylic acids is 2. The Morgan fingerprint density at radius 1 is 0.929 bits per heavy atom. The van der Waals surface area contributed by atoms with Crippen molar-refractivity contribution in [1.82, 2.24) is 9.21 Å². The second-order valence-electron chi connectivity index (χ2n) is 6.55. The van der Waals surface area contributed by atoms with Gasteiger partial charge < -0.3 is 9.64 Å². The van der Waals surface area contributed by atoms with Crippen molar-refractivity contribution in [2.24, 2.45) is 0 Å². The van der Waals surface area contributed by atoms with E-state index < -0.39 is 16.0 Å². The Hall–Kier alpha value is -2.71. The lowest BCUT2D eigenvalue weighted by Crippen LogP contribution is -2.50. The third kappa shape index (κ3) is 4.96. The molecule has 28 heavy (non-hydrogen) atoms. The van der Waals surface area contributed by atoms with Crippen molar-refractivity contribution in [3.8, 4) is 5.75 Å². The van der Waals surface area contributed by atoms with Crippen LogP contribution < -0.4 is 4.74 Å². The Morgan fingerprint density at radius 3 is 2.11 bits per heavy atom. The summed E-state index contributed by atoms with van der Waals surface area (Å²) in [5.74, 6) is -0.262. The van der Waals surface area contributed by atoms with Crippen molar-refractivity contribution in [3.05, 3.63) is 65.7 Å². The number of hydrogen-bond donors (Lipinski definition) is 0. The van der Waals surface area contributed by atoms with Gasteiger partial charge in [-0.2, -0.15) is 4.31 Å². The van der Waals surface area contributed by atoms with E-state index in [1.807, 2.05) is 18.2 Å². The molecule has 7 nitrogen and oxygen atoms in total. The number of sulfonamides is 1. The van der Waals surface area contributed by atoms with Gasteiger partial charge in [-0.1, -0.05) is 30.3 Å². The van der Waals surface area contributed by atoms with E-state index in [9.17, 15) is 18.0 Å². The summed E-state index contributed by atoms with van der Waals surface area (Å²) in [6.45, 7) is 2.51. The SMILES string of the molecule is CC(=O)Oc1ccc(C(=O)N2CCN(S(=O)(=O)Cc3ccccc3)CC2)cc1. The van der Waals surface area contributed by atoms with Crippen molar-refractivity contribution in [2.45, 2.75) is 12.7 Å². The Morgan fingerprint density at radius 2 is 1.54 bits per heavy atom. The van der Waals surface area contributed by atoms with Gasteiger partial charge in [-0.25, -0.2) is 8.42 Å². The zero-order valence-electron chi connectivity index (χ0n) is 15.6. The van der Waals surface area contributed by atoms with Crippen LogP contribution in [-0.4, -0.2) is 55.7 Å². The largest absolute Gasteiger partial charge is 0.427 e. The summed E-state index contributed by atoms with van der Waals surface area (Å²) in [4.78, 5) is 25.2. The lowest BCUT2D eigenvalue weighted by Gasteiger charge is -2.34. The molecular formula is C20H22N2O5S. The van der Waals surface area contributed by atoms with E-state index in [1.165, 1.54) is 11.2 Å². The van der Waals surface area contributed by atoms with Gasteiger partial charge in [-0.15, -0.1) is 0 Å². The van der Waals surface area contributed by atoms with Gasteiger partial charge in [0.25, 0.3) is 5.91 Å². The highest BCUT2D eigenvalue weighted by Crippen LogP contribution is 2.17. The van der Waals surface area contributed by atoms with Crippen LogP contribution in [-0.2, 0) is 20.6 Å². The van der Waals surface area contributed by atoms with Crippen LogP contribution in [0.2, 0.25) is 0 Å². The second kappa shape index (κ2) is 8.53. The van der Waals surface area contributed by atoms with Crippen molar-refractivity contribution >= 4 is 21.9 Å². The molecule has 1 aliphatic heterocycles. The molecule has 1 fully saturated rings. The van der Waals surface area contributed by atoms with E-state index in [2.05, 4.69) is 0 Å². The van der Waals surface area contributed by atoms with Crippen molar-refractivity contribution in [2.75, 3.05) is 26.2 Å². The van der Waals surface area contributed by atoms with E-state index in [0.29, 0.717) is 24.4 Å². The summed E-state index contributed by atoms with van der Waals surface area (Å²) in [5.41, 5.74) is 1.21. The number of nitrogens with zero attached hydrogens (tertiary/aromatic N) is 2. The maximum atomic E-state index is 12.6. The molecule has 1 heterocycles. The van der Waals surface area contributed by atoms with Crippen LogP contribution in [0.25, 0.3) is 0 Å². The minimum Gasteiger partial charge on any atom is -0.427 e. The molecule has 148 valence electrons. The van der Waals surface area contributed by atoms with Gasteiger partial charge in [0.2, 0.25) is 10.0 Å². The quantitative estimate of drug-likeness (QED) is 0.563. The number of carbonyl (C=O) groups is 2. The first-order valence-corrected chi connectivity index (χ1v) is 10.6. The number of benzene rings is 2. The van der Waals surface area contributed by atoms with Gasteiger partial charge in [0.05, 0.1) is 5.75 Å². The predicted octanol–water partition coefficient (Wildman–Crippen LogP) is 1.90. The number of hydrogen-bond acceptors (Lipinski definition) is 5. The molecule has 1 amide bonds. The molecule has 1 aliphatic rings. The minimum absolute atomic E-state index is 0.0423. The van der Waals surface area contributed by atoms with E-state index in [-0.39, 0.29) is 24.7 Å². The monoisotopic (exact) mass is 402 g/mol. The highest BCUT2D eigenvalue weighted by molar-refractivity contribution is 7.88. The molecular weight excluding hydrogens is 380 g/mol. The lowest BCUT2D eigenvalue weighted by atomic mass is 10.2. The second-order valence-corrected chi connectivity index (χ2v) is 8.52. The molecule has 0 aliphatic carbocycles. The Bertz CT molecular complexity index is 934. The van der Waals surface area contributed by atoms with Gasteiger partial charge in [0.1, 0.15) is 5.75 Å². The summed E-state index contributed by atoms with van der Waals surface area (Å²) >= 11 is 0. The average molecular weight is 402 g/mol. The molecule has 0 N–H and O–H groups in total. The predicted molar refractivity (Wildman–Crippen MR) is 104 cm³/mol. The first-order chi connectivity index (χ1) is 13.3. The number of piperazine rings is 1.